The number of nitriles is 1. The molecule has 0 radical (unpaired) electrons. The number of allylic oxidation sites excluding steroid dienone is 2. The molecule has 1 atom stereocenters. The van der Waals surface area contributed by atoms with Crippen LogP contribution in [0.5, 0.6) is 5.75 Å². The highest BCUT2D eigenvalue weighted by Gasteiger charge is 2.37. The summed E-state index contributed by atoms with van der Waals surface area (Å²) in [5.41, 5.74) is 6.61. The third-order valence-electron chi connectivity index (χ3n) is 4.92. The minimum Gasteiger partial charge on any atom is -0.482 e. The molecule has 3 rings (SSSR count). The van der Waals surface area contributed by atoms with Gasteiger partial charge in [0.15, 0.2) is 5.75 Å². The van der Waals surface area contributed by atoms with Gasteiger partial charge < -0.3 is 19.9 Å². The van der Waals surface area contributed by atoms with E-state index in [2.05, 4.69) is 0 Å². The van der Waals surface area contributed by atoms with Gasteiger partial charge in [-0.05, 0) is 43.2 Å². The minimum atomic E-state index is -0.994. The summed E-state index contributed by atoms with van der Waals surface area (Å²) in [5, 5.41) is 22.0. The Morgan fingerprint density at radius 2 is 2.00 bits per heavy atom. The van der Waals surface area contributed by atoms with Crippen LogP contribution in [-0.4, -0.2) is 17.5 Å². The Bertz CT molecular complexity index is 1200. The monoisotopic (exact) mass is 469 g/mol. The van der Waals surface area contributed by atoms with Gasteiger partial charge in [0.1, 0.15) is 24.0 Å². The maximum atomic E-state index is 12.6. The largest absolute Gasteiger partial charge is 0.482 e. The van der Waals surface area contributed by atoms with Gasteiger partial charge in [-0.1, -0.05) is 29.8 Å². The maximum Gasteiger partial charge on any atom is 0.338 e. The molecule has 0 aromatic heterocycles. The molecule has 1 heterocycles. The first kappa shape index (κ1) is 23.6. The van der Waals surface area contributed by atoms with Crippen LogP contribution in [0.25, 0.3) is 0 Å². The zero-order valence-corrected chi connectivity index (χ0v) is 18.6. The van der Waals surface area contributed by atoms with Gasteiger partial charge in [-0.3, -0.25) is 10.1 Å². The molecule has 33 heavy (non-hydrogen) atoms. The number of hydrogen-bond acceptors (Lipinski definition) is 8. The molecule has 0 bridgehead atoms. The molecule has 0 saturated heterocycles. The van der Waals surface area contributed by atoms with Crippen LogP contribution in [0.15, 0.2) is 65.3 Å². The predicted molar refractivity (Wildman–Crippen MR) is 119 cm³/mol. The highest BCUT2D eigenvalue weighted by molar-refractivity contribution is 6.30. The molecular formula is C23H20ClN3O6. The summed E-state index contributed by atoms with van der Waals surface area (Å²) in [7, 11) is 0. The van der Waals surface area contributed by atoms with Gasteiger partial charge in [0.2, 0.25) is 5.88 Å². The molecule has 1 unspecified atom stereocenters. The average molecular weight is 470 g/mol. The maximum absolute atomic E-state index is 12.6. The molecule has 2 aromatic rings. The summed E-state index contributed by atoms with van der Waals surface area (Å²) >= 11 is 5.87. The number of ether oxygens (including phenoxy) is 3. The molecule has 0 aliphatic carbocycles. The summed E-state index contributed by atoms with van der Waals surface area (Å²) in [5.74, 6) is -1.70. The SMILES string of the molecule is CCOC(=O)C1=C(C)OC(N)=C(C#N)C1c1ccc(OCc2ccc(Cl)cc2)c([N+](=O)[O-])c1. The van der Waals surface area contributed by atoms with E-state index in [0.717, 1.165) is 5.56 Å². The van der Waals surface area contributed by atoms with Crippen LogP contribution >= 0.6 is 11.6 Å². The van der Waals surface area contributed by atoms with Crippen molar-refractivity contribution in [2.45, 2.75) is 26.4 Å². The Morgan fingerprint density at radius 1 is 1.30 bits per heavy atom. The van der Waals surface area contributed by atoms with Crippen molar-refractivity contribution in [3.05, 3.63) is 91.5 Å². The van der Waals surface area contributed by atoms with E-state index in [4.69, 9.17) is 31.5 Å². The molecule has 0 fully saturated rings. The van der Waals surface area contributed by atoms with Crippen molar-refractivity contribution in [3.8, 4) is 11.8 Å². The molecule has 0 saturated carbocycles. The van der Waals surface area contributed by atoms with Crippen LogP contribution in [0.3, 0.4) is 0 Å². The number of nitrogens with zero attached hydrogens (tertiary/aromatic N) is 2. The fraction of sp³-hybridized carbons (Fsp3) is 0.217. The lowest BCUT2D eigenvalue weighted by Gasteiger charge is -2.26. The lowest BCUT2D eigenvalue weighted by Crippen LogP contribution is -2.25. The number of nitro groups is 1. The number of benzene rings is 2. The van der Waals surface area contributed by atoms with E-state index in [0.29, 0.717) is 10.6 Å². The van der Waals surface area contributed by atoms with Crippen LogP contribution in [0.4, 0.5) is 5.69 Å². The van der Waals surface area contributed by atoms with Crippen LogP contribution in [0, 0.1) is 21.4 Å². The molecule has 9 nitrogen and oxygen atoms in total. The first-order valence-electron chi connectivity index (χ1n) is 9.87. The van der Waals surface area contributed by atoms with Crippen molar-refractivity contribution in [1.82, 2.24) is 0 Å². The zero-order valence-electron chi connectivity index (χ0n) is 17.8. The molecule has 170 valence electrons. The Labute approximate surface area is 194 Å². The highest BCUT2D eigenvalue weighted by Crippen LogP contribution is 2.42. The normalized spacial score (nSPS) is 15.5. The zero-order chi connectivity index (χ0) is 24.1. The number of carbonyl (C=O) groups is 1. The van der Waals surface area contributed by atoms with Crippen LogP contribution < -0.4 is 10.5 Å². The summed E-state index contributed by atoms with van der Waals surface area (Å²) in [6, 6.07) is 13.0. The van der Waals surface area contributed by atoms with Crippen molar-refractivity contribution in [3.63, 3.8) is 0 Å². The predicted octanol–water partition coefficient (Wildman–Crippen LogP) is 4.47. The number of halogens is 1. The second kappa shape index (κ2) is 10.1. The molecule has 1 aliphatic rings. The molecule has 2 N–H and O–H groups in total. The summed E-state index contributed by atoms with van der Waals surface area (Å²) in [6.45, 7) is 3.33. The number of esters is 1. The number of nitrogens with two attached hydrogens (primary N) is 1. The number of nitro benzene ring substituents is 1. The molecular weight excluding hydrogens is 450 g/mol. The second-order valence-electron chi connectivity index (χ2n) is 7.01. The summed E-state index contributed by atoms with van der Waals surface area (Å²) in [4.78, 5) is 23.8. The van der Waals surface area contributed by atoms with E-state index >= 15 is 0 Å². The molecule has 0 spiro atoms. The summed E-state index contributed by atoms with van der Waals surface area (Å²) in [6.07, 6.45) is 0. The lowest BCUT2D eigenvalue weighted by atomic mass is 9.83. The van der Waals surface area contributed by atoms with Crippen molar-refractivity contribution >= 4 is 23.3 Å². The molecule has 0 amide bonds. The molecule has 1 aliphatic heterocycles. The van der Waals surface area contributed by atoms with Gasteiger partial charge in [-0.25, -0.2) is 4.79 Å². The summed E-state index contributed by atoms with van der Waals surface area (Å²) < 4.78 is 16.1. The Hall–Kier alpha value is -4.03. The number of hydrogen-bond donors (Lipinski definition) is 1. The number of rotatable bonds is 7. The fourth-order valence-corrected chi connectivity index (χ4v) is 3.53. The van der Waals surface area contributed by atoms with Gasteiger partial charge in [0.25, 0.3) is 0 Å². The van der Waals surface area contributed by atoms with Crippen molar-refractivity contribution in [2.24, 2.45) is 5.73 Å². The van der Waals surface area contributed by atoms with Gasteiger partial charge >= 0.3 is 11.7 Å². The molecule has 2 aromatic carbocycles. The van der Waals surface area contributed by atoms with Crippen LogP contribution in [0.1, 0.15) is 30.9 Å². The smallest absolute Gasteiger partial charge is 0.338 e. The third kappa shape index (κ3) is 5.07. The average Bonchev–Trinajstić information content (AvgIpc) is 2.78. The van der Waals surface area contributed by atoms with Crippen LogP contribution in [-0.2, 0) is 20.9 Å². The minimum absolute atomic E-state index is 0.0274. The van der Waals surface area contributed by atoms with Crippen molar-refractivity contribution < 1.29 is 23.9 Å². The quantitative estimate of drug-likeness (QED) is 0.356. The van der Waals surface area contributed by atoms with Crippen molar-refractivity contribution in [2.75, 3.05) is 6.61 Å². The van der Waals surface area contributed by atoms with E-state index in [1.54, 1.807) is 31.2 Å². The van der Waals surface area contributed by atoms with Crippen LogP contribution in [0.2, 0.25) is 5.02 Å². The van der Waals surface area contributed by atoms with Gasteiger partial charge in [0.05, 0.1) is 23.0 Å². The number of carbonyl (C=O) groups excluding carboxylic acids is 1. The lowest BCUT2D eigenvalue weighted by molar-refractivity contribution is -0.386. The van der Waals surface area contributed by atoms with Crippen molar-refractivity contribution in [1.29, 1.82) is 5.26 Å². The van der Waals surface area contributed by atoms with E-state index in [9.17, 15) is 20.2 Å². The van der Waals surface area contributed by atoms with E-state index in [-0.39, 0.29) is 47.4 Å². The first-order valence-corrected chi connectivity index (χ1v) is 10.3. The van der Waals surface area contributed by atoms with Gasteiger partial charge in [0, 0.05) is 11.1 Å². The molecule has 10 heteroatoms. The first-order chi connectivity index (χ1) is 15.8. The van der Waals surface area contributed by atoms with E-state index in [1.807, 2.05) is 6.07 Å². The van der Waals surface area contributed by atoms with Gasteiger partial charge in [-0.15, -0.1) is 0 Å². The van der Waals surface area contributed by atoms with Gasteiger partial charge in [-0.2, -0.15) is 5.26 Å². The Balaban J connectivity index is 2.02. The Kier molecular flexibility index (Phi) is 7.20. The fourth-order valence-electron chi connectivity index (χ4n) is 3.41. The standard InChI is InChI=1S/C23H20ClN3O6/c1-3-31-23(28)20-13(2)33-22(26)17(11-25)21(20)15-6-9-19(18(10-15)27(29)30)32-12-14-4-7-16(24)8-5-14/h4-10,21H,3,12,26H2,1-2H3. The van der Waals surface area contributed by atoms with E-state index < -0.39 is 16.8 Å². The Morgan fingerprint density at radius 3 is 2.61 bits per heavy atom. The van der Waals surface area contributed by atoms with E-state index in [1.165, 1.54) is 25.1 Å². The highest BCUT2D eigenvalue weighted by atomic mass is 35.5. The second-order valence-corrected chi connectivity index (χ2v) is 7.45. The topological polar surface area (TPSA) is 138 Å². The third-order valence-corrected chi connectivity index (χ3v) is 5.17.